The molecular weight excluding hydrogens is 284 g/mol. The number of carboxylic acid groups (broad SMARTS) is 1. The molecular formula is C15H26N4O3. The Morgan fingerprint density at radius 1 is 1.36 bits per heavy atom. The number of hydrogen-bond acceptors (Lipinski definition) is 5. The van der Waals surface area contributed by atoms with E-state index in [-0.39, 0.29) is 5.84 Å². The molecule has 2 heterocycles. The summed E-state index contributed by atoms with van der Waals surface area (Å²) < 4.78 is 0. The summed E-state index contributed by atoms with van der Waals surface area (Å²) in [6, 6.07) is 0. The fourth-order valence-corrected chi connectivity index (χ4v) is 2.20. The average molecular weight is 310 g/mol. The molecule has 2 aliphatic rings. The maximum Gasteiger partial charge on any atom is 0.406 e. The number of aliphatic hydroxyl groups excluding tert-OH is 1. The zero-order valence-corrected chi connectivity index (χ0v) is 13.3. The lowest BCUT2D eigenvalue weighted by molar-refractivity contribution is 0.165. The standard InChI is InChI=1S/C12H19N3O.C3H7NO2/c1-9-10(8-14-12(13)11(9)16)15-6-4-2-3-5-7-15;1-4(2)3(5)6/h8,11,16H,1-7H2,(H2,13,14);1-2H3,(H,5,6). The van der Waals surface area contributed by atoms with Gasteiger partial charge in [-0.2, -0.15) is 0 Å². The maximum atomic E-state index is 9.79. The predicted molar refractivity (Wildman–Crippen MR) is 86.6 cm³/mol. The molecule has 7 nitrogen and oxygen atoms in total. The van der Waals surface area contributed by atoms with E-state index in [1.165, 1.54) is 39.8 Å². The van der Waals surface area contributed by atoms with Gasteiger partial charge in [-0.25, -0.2) is 9.79 Å². The van der Waals surface area contributed by atoms with Crippen molar-refractivity contribution in [3.05, 3.63) is 24.0 Å². The van der Waals surface area contributed by atoms with E-state index in [9.17, 15) is 9.90 Å². The molecule has 124 valence electrons. The lowest BCUT2D eigenvalue weighted by Gasteiger charge is -2.30. The number of hydrogen-bond donors (Lipinski definition) is 3. The first-order valence-corrected chi connectivity index (χ1v) is 7.40. The highest BCUT2D eigenvalue weighted by Gasteiger charge is 2.24. The number of aliphatic imine (C=N–C) groups is 1. The van der Waals surface area contributed by atoms with E-state index < -0.39 is 12.2 Å². The molecule has 0 aromatic carbocycles. The van der Waals surface area contributed by atoms with Gasteiger partial charge in [0.05, 0.1) is 11.9 Å². The zero-order valence-electron chi connectivity index (χ0n) is 13.3. The van der Waals surface area contributed by atoms with Crippen molar-refractivity contribution in [1.82, 2.24) is 9.80 Å². The van der Waals surface area contributed by atoms with Crippen LogP contribution >= 0.6 is 0 Å². The van der Waals surface area contributed by atoms with Crippen LogP contribution in [0.15, 0.2) is 29.0 Å². The van der Waals surface area contributed by atoms with Gasteiger partial charge >= 0.3 is 6.09 Å². The quantitative estimate of drug-likeness (QED) is 0.676. The second-order valence-electron chi connectivity index (χ2n) is 5.57. The molecule has 4 N–H and O–H groups in total. The lowest BCUT2D eigenvalue weighted by Crippen LogP contribution is -2.37. The fraction of sp³-hybridized carbons (Fsp3) is 0.600. The molecule has 1 fully saturated rings. The van der Waals surface area contributed by atoms with Crippen molar-refractivity contribution in [2.45, 2.75) is 31.8 Å². The van der Waals surface area contributed by atoms with Crippen molar-refractivity contribution >= 4 is 11.9 Å². The van der Waals surface area contributed by atoms with Crippen LogP contribution in [0.5, 0.6) is 0 Å². The summed E-state index contributed by atoms with van der Waals surface area (Å²) >= 11 is 0. The largest absolute Gasteiger partial charge is 0.465 e. The van der Waals surface area contributed by atoms with E-state index in [1.54, 1.807) is 6.20 Å². The van der Waals surface area contributed by atoms with Crippen molar-refractivity contribution in [3.8, 4) is 0 Å². The molecule has 0 spiro atoms. The van der Waals surface area contributed by atoms with Gasteiger partial charge in [0.1, 0.15) is 11.9 Å². The normalized spacial score (nSPS) is 21.9. The Morgan fingerprint density at radius 2 is 1.86 bits per heavy atom. The van der Waals surface area contributed by atoms with Gasteiger partial charge in [-0.15, -0.1) is 0 Å². The first-order valence-electron chi connectivity index (χ1n) is 7.40. The molecule has 22 heavy (non-hydrogen) atoms. The fourth-order valence-electron chi connectivity index (χ4n) is 2.20. The molecule has 0 radical (unpaired) electrons. The summed E-state index contributed by atoms with van der Waals surface area (Å²) in [5.41, 5.74) is 7.19. The molecule has 1 unspecified atom stereocenters. The highest BCUT2D eigenvalue weighted by atomic mass is 16.4. The summed E-state index contributed by atoms with van der Waals surface area (Å²) in [6.45, 7) is 5.95. The van der Waals surface area contributed by atoms with Gasteiger partial charge in [0.25, 0.3) is 0 Å². The van der Waals surface area contributed by atoms with E-state index in [0.29, 0.717) is 5.57 Å². The van der Waals surface area contributed by atoms with Crippen molar-refractivity contribution in [2.24, 2.45) is 10.7 Å². The molecule has 2 rings (SSSR count). The van der Waals surface area contributed by atoms with E-state index >= 15 is 0 Å². The van der Waals surface area contributed by atoms with Crippen molar-refractivity contribution in [3.63, 3.8) is 0 Å². The molecule has 0 bridgehead atoms. The number of nitrogens with zero attached hydrogens (tertiary/aromatic N) is 3. The number of amides is 1. The van der Waals surface area contributed by atoms with Crippen LogP contribution in [0.3, 0.4) is 0 Å². The molecule has 2 aliphatic heterocycles. The molecule has 1 saturated heterocycles. The van der Waals surface area contributed by atoms with Crippen molar-refractivity contribution in [1.29, 1.82) is 0 Å². The van der Waals surface area contributed by atoms with Gasteiger partial charge in [-0.1, -0.05) is 19.4 Å². The summed E-state index contributed by atoms with van der Waals surface area (Å²) in [4.78, 5) is 17.0. The molecule has 1 atom stereocenters. The zero-order chi connectivity index (χ0) is 16.7. The number of nitrogens with two attached hydrogens (primary N) is 1. The van der Waals surface area contributed by atoms with Gasteiger partial charge in [0.2, 0.25) is 0 Å². The van der Waals surface area contributed by atoms with Crippen LogP contribution in [-0.4, -0.2) is 65.2 Å². The predicted octanol–water partition coefficient (Wildman–Crippen LogP) is 1.22. The minimum atomic E-state index is -0.907. The van der Waals surface area contributed by atoms with Gasteiger partial charge < -0.3 is 25.7 Å². The molecule has 1 amide bonds. The SMILES string of the molecule is C=C1C(N2CCCCCC2)=CN=C(N)C1O.CN(C)C(=O)O. The number of rotatable bonds is 1. The Bertz CT molecular complexity index is 463. The molecule has 0 aromatic heterocycles. The highest BCUT2D eigenvalue weighted by molar-refractivity contribution is 5.90. The van der Waals surface area contributed by atoms with Crippen LogP contribution in [0, 0.1) is 0 Å². The maximum absolute atomic E-state index is 9.79. The third-order valence-corrected chi connectivity index (χ3v) is 3.60. The summed E-state index contributed by atoms with van der Waals surface area (Å²) in [5.74, 6) is 0.239. The lowest BCUT2D eigenvalue weighted by atomic mass is 10.0. The number of aliphatic hydroxyl groups is 1. The Labute approximate surface area is 131 Å². The third kappa shape index (κ3) is 5.07. The smallest absolute Gasteiger partial charge is 0.406 e. The van der Waals surface area contributed by atoms with E-state index in [4.69, 9.17) is 10.8 Å². The van der Waals surface area contributed by atoms with Crippen LogP contribution in [0.4, 0.5) is 4.79 Å². The second-order valence-corrected chi connectivity index (χ2v) is 5.57. The monoisotopic (exact) mass is 310 g/mol. The summed E-state index contributed by atoms with van der Waals surface area (Å²) in [5, 5.41) is 17.7. The topological polar surface area (TPSA) is 102 Å². The van der Waals surface area contributed by atoms with Gasteiger partial charge in [-0.3, -0.25) is 0 Å². The highest BCUT2D eigenvalue weighted by Crippen LogP contribution is 2.24. The molecule has 0 saturated carbocycles. The number of likely N-dealkylation sites (tertiary alicyclic amines) is 1. The molecule has 7 heteroatoms. The first-order chi connectivity index (χ1) is 10.3. The molecule has 0 aromatic rings. The Hall–Kier alpha value is -2.02. The van der Waals surface area contributed by atoms with Gasteiger partial charge in [0, 0.05) is 32.8 Å². The van der Waals surface area contributed by atoms with Crippen molar-refractivity contribution in [2.75, 3.05) is 27.2 Å². The molecule has 0 aliphatic carbocycles. The number of amidine groups is 1. The summed E-state index contributed by atoms with van der Waals surface area (Å²) in [7, 11) is 2.95. The van der Waals surface area contributed by atoms with Gasteiger partial charge in [-0.05, 0) is 12.8 Å². The van der Waals surface area contributed by atoms with Crippen LogP contribution < -0.4 is 5.73 Å². The number of carbonyl (C=O) groups is 1. The summed E-state index contributed by atoms with van der Waals surface area (Å²) in [6.07, 6.45) is 4.96. The van der Waals surface area contributed by atoms with Crippen LogP contribution in [-0.2, 0) is 0 Å². The Balaban J connectivity index is 0.000000346. The minimum absolute atomic E-state index is 0.239. The minimum Gasteiger partial charge on any atom is -0.465 e. The average Bonchev–Trinajstić information content (AvgIpc) is 2.74. The van der Waals surface area contributed by atoms with Crippen LogP contribution in [0.25, 0.3) is 0 Å². The van der Waals surface area contributed by atoms with Crippen LogP contribution in [0.2, 0.25) is 0 Å². The Kier molecular flexibility index (Phi) is 6.91. The third-order valence-electron chi connectivity index (χ3n) is 3.60. The first kappa shape index (κ1) is 18.0. The second kappa shape index (κ2) is 8.43. The van der Waals surface area contributed by atoms with E-state index in [2.05, 4.69) is 16.5 Å². The van der Waals surface area contributed by atoms with E-state index in [0.717, 1.165) is 23.7 Å². The van der Waals surface area contributed by atoms with Crippen molar-refractivity contribution < 1.29 is 15.0 Å². The van der Waals surface area contributed by atoms with Crippen LogP contribution in [0.1, 0.15) is 25.7 Å². The van der Waals surface area contributed by atoms with Gasteiger partial charge in [0.15, 0.2) is 0 Å². The Morgan fingerprint density at radius 3 is 2.32 bits per heavy atom. The van der Waals surface area contributed by atoms with E-state index in [1.807, 2.05) is 0 Å².